The van der Waals surface area contributed by atoms with E-state index in [4.69, 9.17) is 4.74 Å². The highest BCUT2D eigenvalue weighted by atomic mass is 16.5. The molecule has 0 bridgehead atoms. The normalized spacial score (nSPS) is 14.9. The van der Waals surface area contributed by atoms with Crippen molar-refractivity contribution < 1.29 is 9.84 Å². The summed E-state index contributed by atoms with van der Waals surface area (Å²) in [6.07, 6.45) is -0.456. The van der Waals surface area contributed by atoms with Crippen LogP contribution in [0.2, 0.25) is 0 Å². The van der Waals surface area contributed by atoms with Crippen LogP contribution in [0.1, 0.15) is 25.5 Å². The Hall–Kier alpha value is -0.900. The van der Waals surface area contributed by atoms with Crippen molar-refractivity contribution in [3.05, 3.63) is 35.9 Å². The summed E-state index contributed by atoms with van der Waals surface area (Å²) in [4.78, 5) is 2.12. The minimum Gasteiger partial charge on any atom is -0.387 e. The lowest BCUT2D eigenvalue weighted by atomic mass is 10.0. The summed E-state index contributed by atoms with van der Waals surface area (Å²) >= 11 is 0. The van der Waals surface area contributed by atoms with Crippen molar-refractivity contribution in [1.82, 2.24) is 4.90 Å². The van der Waals surface area contributed by atoms with Crippen LogP contribution >= 0.6 is 0 Å². The van der Waals surface area contributed by atoms with Gasteiger partial charge in [0.2, 0.25) is 0 Å². The van der Waals surface area contributed by atoms with Gasteiger partial charge in [0.25, 0.3) is 0 Å². The Labute approximate surface area is 104 Å². The summed E-state index contributed by atoms with van der Waals surface area (Å²) in [5.74, 6) is 0. The maximum atomic E-state index is 10.2. The van der Waals surface area contributed by atoms with E-state index in [2.05, 4.69) is 4.90 Å². The van der Waals surface area contributed by atoms with Crippen LogP contribution in [-0.4, -0.2) is 42.9 Å². The smallest absolute Gasteiger partial charge is 0.0942 e. The fraction of sp³-hybridized carbons (Fsp3) is 0.571. The third-order valence-corrected chi connectivity index (χ3v) is 3.09. The van der Waals surface area contributed by atoms with E-state index in [1.807, 2.05) is 51.2 Å². The van der Waals surface area contributed by atoms with Crippen LogP contribution in [0.25, 0.3) is 0 Å². The van der Waals surface area contributed by atoms with Gasteiger partial charge in [-0.15, -0.1) is 0 Å². The minimum absolute atomic E-state index is 0.0813. The molecule has 0 aliphatic heterocycles. The molecule has 1 N–H and O–H groups in total. The van der Waals surface area contributed by atoms with Crippen LogP contribution in [0.15, 0.2) is 30.3 Å². The molecule has 0 heterocycles. The van der Waals surface area contributed by atoms with Crippen LogP contribution in [0.5, 0.6) is 0 Å². The Morgan fingerprint density at radius 2 is 1.94 bits per heavy atom. The van der Waals surface area contributed by atoms with E-state index in [9.17, 15) is 5.11 Å². The number of hydrogen-bond donors (Lipinski definition) is 1. The SMILES string of the molecule is CCOCCN(C)C(C)C(O)c1ccccc1. The number of aliphatic hydroxyl groups is 1. The van der Waals surface area contributed by atoms with Crippen LogP contribution in [0.3, 0.4) is 0 Å². The van der Waals surface area contributed by atoms with Crippen molar-refractivity contribution in [1.29, 1.82) is 0 Å². The molecule has 2 atom stereocenters. The molecule has 1 aromatic rings. The van der Waals surface area contributed by atoms with Crippen LogP contribution in [0.4, 0.5) is 0 Å². The summed E-state index contributed by atoms with van der Waals surface area (Å²) in [7, 11) is 2.01. The average Bonchev–Trinajstić information content (AvgIpc) is 2.38. The number of ether oxygens (including phenoxy) is 1. The average molecular weight is 237 g/mol. The molecule has 0 saturated carbocycles. The summed E-state index contributed by atoms with van der Waals surface area (Å²) in [6, 6.07) is 9.85. The molecule has 2 unspecified atom stereocenters. The van der Waals surface area contributed by atoms with E-state index in [1.54, 1.807) is 0 Å². The van der Waals surface area contributed by atoms with Crippen molar-refractivity contribution in [2.45, 2.75) is 26.0 Å². The molecule has 3 heteroatoms. The van der Waals surface area contributed by atoms with Gasteiger partial charge in [0.1, 0.15) is 0 Å². The molecule has 96 valence electrons. The third kappa shape index (κ3) is 4.46. The molecule has 0 radical (unpaired) electrons. The second kappa shape index (κ2) is 7.43. The highest BCUT2D eigenvalue weighted by Gasteiger charge is 2.19. The van der Waals surface area contributed by atoms with Gasteiger partial charge in [-0.2, -0.15) is 0 Å². The number of rotatable bonds is 7. The zero-order valence-corrected chi connectivity index (χ0v) is 11.0. The number of hydrogen-bond acceptors (Lipinski definition) is 3. The van der Waals surface area contributed by atoms with Gasteiger partial charge in [-0.3, -0.25) is 4.90 Å². The van der Waals surface area contributed by atoms with E-state index in [0.717, 1.165) is 18.7 Å². The van der Waals surface area contributed by atoms with E-state index < -0.39 is 6.10 Å². The molecule has 17 heavy (non-hydrogen) atoms. The fourth-order valence-electron chi connectivity index (χ4n) is 1.73. The summed E-state index contributed by atoms with van der Waals surface area (Å²) in [6.45, 7) is 6.30. The number of benzene rings is 1. The lowest BCUT2D eigenvalue weighted by Crippen LogP contribution is -2.36. The van der Waals surface area contributed by atoms with E-state index in [0.29, 0.717) is 6.61 Å². The quantitative estimate of drug-likeness (QED) is 0.737. The van der Waals surface area contributed by atoms with Crippen molar-refractivity contribution in [2.75, 3.05) is 26.8 Å². The highest BCUT2D eigenvalue weighted by molar-refractivity contribution is 5.18. The van der Waals surface area contributed by atoms with E-state index in [-0.39, 0.29) is 6.04 Å². The maximum absolute atomic E-state index is 10.2. The zero-order chi connectivity index (χ0) is 12.7. The largest absolute Gasteiger partial charge is 0.387 e. The summed E-state index contributed by atoms with van der Waals surface area (Å²) in [5, 5.41) is 10.2. The molecule has 1 aromatic carbocycles. The first-order valence-electron chi connectivity index (χ1n) is 6.17. The van der Waals surface area contributed by atoms with Gasteiger partial charge in [0.05, 0.1) is 12.7 Å². The molecular formula is C14H23NO2. The fourth-order valence-corrected chi connectivity index (χ4v) is 1.73. The first-order valence-corrected chi connectivity index (χ1v) is 6.17. The number of likely N-dealkylation sites (N-methyl/N-ethyl adjacent to an activating group) is 1. The van der Waals surface area contributed by atoms with Gasteiger partial charge < -0.3 is 9.84 Å². The topological polar surface area (TPSA) is 32.7 Å². The number of aliphatic hydroxyl groups excluding tert-OH is 1. The highest BCUT2D eigenvalue weighted by Crippen LogP contribution is 2.19. The van der Waals surface area contributed by atoms with Crippen molar-refractivity contribution in [3.8, 4) is 0 Å². The Morgan fingerprint density at radius 1 is 1.29 bits per heavy atom. The molecule has 0 amide bonds. The molecule has 0 saturated heterocycles. The van der Waals surface area contributed by atoms with Gasteiger partial charge >= 0.3 is 0 Å². The Balaban J connectivity index is 2.48. The maximum Gasteiger partial charge on any atom is 0.0942 e. The van der Waals surface area contributed by atoms with E-state index in [1.165, 1.54) is 0 Å². The lowest BCUT2D eigenvalue weighted by Gasteiger charge is -2.29. The first-order chi connectivity index (χ1) is 8.16. The molecule has 3 nitrogen and oxygen atoms in total. The molecule has 0 aromatic heterocycles. The minimum atomic E-state index is -0.456. The van der Waals surface area contributed by atoms with Crippen molar-refractivity contribution >= 4 is 0 Å². The summed E-state index contributed by atoms with van der Waals surface area (Å²) in [5.41, 5.74) is 0.961. The Bertz CT molecular complexity index is 302. The van der Waals surface area contributed by atoms with E-state index >= 15 is 0 Å². The van der Waals surface area contributed by atoms with Gasteiger partial charge in [0, 0.05) is 19.2 Å². The Morgan fingerprint density at radius 3 is 2.53 bits per heavy atom. The molecule has 0 aliphatic carbocycles. The number of nitrogens with zero attached hydrogens (tertiary/aromatic N) is 1. The molecule has 0 aliphatic rings. The first kappa shape index (κ1) is 14.2. The predicted molar refractivity (Wildman–Crippen MR) is 70.0 cm³/mol. The Kier molecular flexibility index (Phi) is 6.19. The second-order valence-electron chi connectivity index (χ2n) is 4.27. The monoisotopic (exact) mass is 237 g/mol. The van der Waals surface area contributed by atoms with Gasteiger partial charge in [-0.25, -0.2) is 0 Å². The van der Waals surface area contributed by atoms with Crippen LogP contribution in [-0.2, 0) is 4.74 Å². The molecule has 1 rings (SSSR count). The molecule has 0 spiro atoms. The third-order valence-electron chi connectivity index (χ3n) is 3.09. The lowest BCUT2D eigenvalue weighted by molar-refractivity contribution is 0.0495. The van der Waals surface area contributed by atoms with Crippen molar-refractivity contribution in [2.24, 2.45) is 0 Å². The molecule has 0 fully saturated rings. The van der Waals surface area contributed by atoms with Gasteiger partial charge in [0.15, 0.2) is 0 Å². The van der Waals surface area contributed by atoms with Crippen molar-refractivity contribution in [3.63, 3.8) is 0 Å². The van der Waals surface area contributed by atoms with Gasteiger partial charge in [-0.1, -0.05) is 30.3 Å². The van der Waals surface area contributed by atoms with Crippen LogP contribution in [0, 0.1) is 0 Å². The standard InChI is InChI=1S/C14H23NO2/c1-4-17-11-10-15(3)12(2)14(16)13-8-6-5-7-9-13/h5-9,12,14,16H,4,10-11H2,1-3H3. The predicted octanol–water partition coefficient (Wildman–Crippen LogP) is 2.08. The molecular weight excluding hydrogens is 214 g/mol. The summed E-state index contributed by atoms with van der Waals surface area (Å²) < 4.78 is 5.32. The zero-order valence-electron chi connectivity index (χ0n) is 11.0. The van der Waals surface area contributed by atoms with Crippen LogP contribution < -0.4 is 0 Å². The van der Waals surface area contributed by atoms with Gasteiger partial charge in [-0.05, 0) is 26.5 Å². The second-order valence-corrected chi connectivity index (χ2v) is 4.27.